The minimum Gasteiger partial charge on any atom is -0.491 e. The molecular weight excluding hydrogens is 280 g/mol. The third-order valence-corrected chi connectivity index (χ3v) is 8.16. The zero-order valence-electron chi connectivity index (χ0n) is 12.9. The van der Waals surface area contributed by atoms with Crippen molar-refractivity contribution < 1.29 is 9.47 Å². The van der Waals surface area contributed by atoms with E-state index in [0.29, 0.717) is 13.2 Å². The van der Waals surface area contributed by atoms with E-state index in [-0.39, 0.29) is 0 Å². The van der Waals surface area contributed by atoms with E-state index >= 15 is 0 Å². The number of benzene rings is 2. The number of fused-ring (bicyclic) bond motifs is 1. The quantitative estimate of drug-likeness (QED) is 0.760. The highest BCUT2D eigenvalue weighted by Crippen LogP contribution is 2.59. The molecule has 1 aliphatic heterocycles. The molecule has 2 aromatic rings. The molecule has 0 saturated carbocycles. The van der Waals surface area contributed by atoms with Gasteiger partial charge in [0.1, 0.15) is 12.4 Å². The lowest BCUT2D eigenvalue weighted by molar-refractivity contribution is 0.147. The molecule has 0 N–H and O–H groups in total. The highest BCUT2D eigenvalue weighted by molar-refractivity contribution is 8.33. The van der Waals surface area contributed by atoms with Gasteiger partial charge in [0.2, 0.25) is 0 Å². The van der Waals surface area contributed by atoms with Crippen molar-refractivity contribution in [2.24, 2.45) is 0 Å². The summed E-state index contributed by atoms with van der Waals surface area (Å²) in [7, 11) is 1.07. The summed E-state index contributed by atoms with van der Waals surface area (Å²) in [5, 5.41) is 2.62. The Hall–Kier alpha value is -1.19. The summed E-state index contributed by atoms with van der Waals surface area (Å²) in [6.07, 6.45) is 5.26. The maximum Gasteiger partial charge on any atom is 0.127 e. The largest absolute Gasteiger partial charge is 0.491 e. The van der Waals surface area contributed by atoms with Crippen LogP contribution in [0.15, 0.2) is 41.3 Å². The van der Waals surface area contributed by atoms with Crippen molar-refractivity contribution in [3.05, 3.63) is 36.4 Å². The molecule has 1 aliphatic rings. The summed E-state index contributed by atoms with van der Waals surface area (Å²) in [6.45, 7) is 1.23. The third-order valence-electron chi connectivity index (χ3n) is 4.36. The van der Waals surface area contributed by atoms with Gasteiger partial charge < -0.3 is 9.47 Å². The molecule has 3 heteroatoms. The summed E-state index contributed by atoms with van der Waals surface area (Å²) < 4.78 is 11.0. The summed E-state index contributed by atoms with van der Waals surface area (Å²) in [5.74, 6) is 3.73. The fraction of sp³-hybridized carbons (Fsp3) is 0.444. The number of rotatable bonds is 5. The minimum atomic E-state index is -0.631. The smallest absolute Gasteiger partial charge is 0.127 e. The second-order valence-electron chi connectivity index (χ2n) is 5.84. The highest BCUT2D eigenvalue weighted by atomic mass is 32.3. The normalized spacial score (nSPS) is 18.8. The van der Waals surface area contributed by atoms with Crippen molar-refractivity contribution in [2.75, 3.05) is 38.1 Å². The number of ether oxygens (including phenoxy) is 2. The molecule has 0 bridgehead atoms. The summed E-state index contributed by atoms with van der Waals surface area (Å²) in [6, 6.07) is 13.1. The first-order chi connectivity index (χ1) is 10.2. The van der Waals surface area contributed by atoms with Gasteiger partial charge in [-0.3, -0.25) is 0 Å². The first-order valence-corrected chi connectivity index (χ1v) is 10.00. The van der Waals surface area contributed by atoms with Crippen LogP contribution < -0.4 is 4.74 Å². The van der Waals surface area contributed by atoms with E-state index in [1.807, 2.05) is 0 Å². The van der Waals surface area contributed by atoms with E-state index in [1.54, 1.807) is 12.0 Å². The van der Waals surface area contributed by atoms with Gasteiger partial charge in [0.15, 0.2) is 0 Å². The van der Waals surface area contributed by atoms with Crippen LogP contribution in [0.4, 0.5) is 0 Å². The zero-order valence-corrected chi connectivity index (χ0v) is 13.7. The van der Waals surface area contributed by atoms with Crippen LogP contribution in [0.25, 0.3) is 10.8 Å². The maximum absolute atomic E-state index is 5.89. The number of hydrogen-bond acceptors (Lipinski definition) is 2. The Kier molecular flexibility index (Phi) is 4.41. The van der Waals surface area contributed by atoms with Gasteiger partial charge in [0.05, 0.1) is 6.61 Å². The van der Waals surface area contributed by atoms with Crippen LogP contribution >= 0.6 is 10.0 Å². The Balaban J connectivity index is 2.02. The molecule has 0 aromatic heterocycles. The second kappa shape index (κ2) is 6.29. The van der Waals surface area contributed by atoms with Crippen molar-refractivity contribution in [3.63, 3.8) is 0 Å². The zero-order chi connectivity index (χ0) is 14.7. The maximum atomic E-state index is 5.89. The van der Waals surface area contributed by atoms with Crippen LogP contribution in [0.3, 0.4) is 0 Å². The van der Waals surface area contributed by atoms with Gasteiger partial charge in [-0.1, -0.05) is 24.3 Å². The van der Waals surface area contributed by atoms with E-state index in [1.165, 1.54) is 35.1 Å². The molecule has 3 rings (SSSR count). The Bertz CT molecular complexity index is 618. The van der Waals surface area contributed by atoms with Crippen molar-refractivity contribution in [1.82, 2.24) is 0 Å². The average Bonchev–Trinajstić information content (AvgIpc) is 2.95. The summed E-state index contributed by atoms with van der Waals surface area (Å²) in [4.78, 5) is 1.56. The summed E-state index contributed by atoms with van der Waals surface area (Å²) >= 11 is 0. The Labute approximate surface area is 128 Å². The van der Waals surface area contributed by atoms with Gasteiger partial charge in [-0.05, 0) is 53.0 Å². The van der Waals surface area contributed by atoms with Crippen molar-refractivity contribution >= 4 is 20.8 Å². The molecule has 2 nitrogen and oxygen atoms in total. The van der Waals surface area contributed by atoms with E-state index in [9.17, 15) is 0 Å². The lowest BCUT2D eigenvalue weighted by Gasteiger charge is -2.32. The van der Waals surface area contributed by atoms with E-state index in [2.05, 4.69) is 42.7 Å². The first kappa shape index (κ1) is 14.7. The lowest BCUT2D eigenvalue weighted by Crippen LogP contribution is -2.06. The van der Waals surface area contributed by atoms with Crippen LogP contribution in [0, 0.1) is 0 Å². The monoisotopic (exact) mass is 304 g/mol. The SMILES string of the molecule is COCCOc1ccc(S2(C)CCCC2)c2ccccc12. The van der Waals surface area contributed by atoms with Gasteiger partial charge in [-0.15, -0.1) is 0 Å². The van der Waals surface area contributed by atoms with Crippen molar-refractivity contribution in [3.8, 4) is 5.75 Å². The molecule has 1 saturated heterocycles. The van der Waals surface area contributed by atoms with Crippen molar-refractivity contribution in [1.29, 1.82) is 0 Å². The highest BCUT2D eigenvalue weighted by Gasteiger charge is 2.27. The first-order valence-electron chi connectivity index (χ1n) is 7.62. The van der Waals surface area contributed by atoms with E-state index in [0.717, 1.165) is 5.75 Å². The van der Waals surface area contributed by atoms with Crippen LogP contribution in [0.5, 0.6) is 5.75 Å². The fourth-order valence-corrected chi connectivity index (χ4v) is 6.63. The van der Waals surface area contributed by atoms with Crippen LogP contribution in [0.2, 0.25) is 0 Å². The minimum absolute atomic E-state index is 0.601. The molecular formula is C18H24O2S. The van der Waals surface area contributed by atoms with Crippen molar-refractivity contribution in [2.45, 2.75) is 17.7 Å². The Morgan fingerprint density at radius 1 is 0.952 bits per heavy atom. The topological polar surface area (TPSA) is 18.5 Å². The molecule has 0 atom stereocenters. The molecule has 0 amide bonds. The van der Waals surface area contributed by atoms with Gasteiger partial charge in [0, 0.05) is 12.5 Å². The Morgan fingerprint density at radius 2 is 1.67 bits per heavy atom. The lowest BCUT2D eigenvalue weighted by atomic mass is 10.1. The van der Waals surface area contributed by atoms with Gasteiger partial charge in [-0.25, -0.2) is 10.0 Å². The predicted octanol–water partition coefficient (Wildman–Crippen LogP) is 4.45. The Morgan fingerprint density at radius 3 is 2.38 bits per heavy atom. The van der Waals surface area contributed by atoms with E-state index < -0.39 is 10.0 Å². The molecule has 1 fully saturated rings. The standard InChI is InChI=1S/C18H24O2S/c1-19-11-12-20-17-9-10-18(21(2)13-5-6-14-21)16-8-4-3-7-15(16)17/h3-4,7-10H,5-6,11-14H2,1-2H3. The molecule has 114 valence electrons. The fourth-order valence-electron chi connectivity index (χ4n) is 3.20. The number of hydrogen-bond donors (Lipinski definition) is 0. The molecule has 0 spiro atoms. The van der Waals surface area contributed by atoms with E-state index in [4.69, 9.17) is 9.47 Å². The van der Waals surface area contributed by atoms with Gasteiger partial charge in [0.25, 0.3) is 0 Å². The van der Waals surface area contributed by atoms with Crippen LogP contribution in [-0.4, -0.2) is 38.1 Å². The van der Waals surface area contributed by atoms with Gasteiger partial charge >= 0.3 is 0 Å². The number of methoxy groups -OCH3 is 1. The van der Waals surface area contributed by atoms with Gasteiger partial charge in [-0.2, -0.15) is 0 Å². The molecule has 1 heterocycles. The van der Waals surface area contributed by atoms with Crippen LogP contribution in [-0.2, 0) is 4.74 Å². The molecule has 0 radical (unpaired) electrons. The average molecular weight is 304 g/mol. The molecule has 2 aromatic carbocycles. The second-order valence-corrected chi connectivity index (χ2v) is 9.64. The summed E-state index contributed by atoms with van der Waals surface area (Å²) in [5.41, 5.74) is 0. The predicted molar refractivity (Wildman–Crippen MR) is 92.1 cm³/mol. The third kappa shape index (κ3) is 2.90. The molecule has 21 heavy (non-hydrogen) atoms. The van der Waals surface area contributed by atoms with Crippen LogP contribution in [0.1, 0.15) is 12.8 Å². The molecule has 0 unspecified atom stereocenters. The molecule has 0 aliphatic carbocycles.